The first-order valence-corrected chi connectivity index (χ1v) is 4.96. The van der Waals surface area contributed by atoms with E-state index in [2.05, 4.69) is 24.0 Å². The highest BCUT2D eigenvalue weighted by molar-refractivity contribution is 4.91. The Morgan fingerprint density at radius 2 is 2.08 bits per heavy atom. The van der Waals surface area contributed by atoms with Crippen molar-refractivity contribution in [1.82, 2.24) is 4.90 Å². The molecule has 0 aliphatic carbocycles. The lowest BCUT2D eigenvalue weighted by molar-refractivity contribution is 0.212. The number of rotatable bonds is 3. The summed E-state index contributed by atoms with van der Waals surface area (Å²) in [7, 11) is 0. The van der Waals surface area contributed by atoms with E-state index in [0.717, 1.165) is 5.92 Å². The molecule has 1 heterocycles. The van der Waals surface area contributed by atoms with Crippen molar-refractivity contribution in [3.63, 3.8) is 0 Å². The van der Waals surface area contributed by atoms with Crippen LogP contribution in [0.2, 0.25) is 0 Å². The highest BCUT2D eigenvalue weighted by atomic mass is 15.1. The fourth-order valence-electron chi connectivity index (χ4n) is 1.73. The van der Waals surface area contributed by atoms with Gasteiger partial charge in [-0.1, -0.05) is 19.1 Å². The van der Waals surface area contributed by atoms with Gasteiger partial charge in [-0.25, -0.2) is 0 Å². The quantitative estimate of drug-likeness (QED) is 0.642. The van der Waals surface area contributed by atoms with E-state index in [-0.39, 0.29) is 0 Å². The summed E-state index contributed by atoms with van der Waals surface area (Å²) >= 11 is 0. The first-order valence-electron chi connectivity index (χ1n) is 4.96. The van der Waals surface area contributed by atoms with Crippen LogP contribution in [0, 0.1) is 5.92 Å². The molecule has 0 aromatic rings. The molecule has 0 aromatic carbocycles. The summed E-state index contributed by atoms with van der Waals surface area (Å²) in [5.41, 5.74) is 5.40. The maximum Gasteiger partial charge on any atom is 0.0106 e. The van der Waals surface area contributed by atoms with Crippen molar-refractivity contribution in [2.24, 2.45) is 11.7 Å². The summed E-state index contributed by atoms with van der Waals surface area (Å²) in [4.78, 5) is 2.51. The van der Waals surface area contributed by atoms with Crippen molar-refractivity contribution in [2.75, 3.05) is 26.2 Å². The molecule has 1 aliphatic heterocycles. The van der Waals surface area contributed by atoms with E-state index in [4.69, 9.17) is 5.73 Å². The number of nitrogens with zero attached hydrogens (tertiary/aromatic N) is 1. The van der Waals surface area contributed by atoms with Gasteiger partial charge in [-0.3, -0.25) is 0 Å². The van der Waals surface area contributed by atoms with Gasteiger partial charge in [0, 0.05) is 6.54 Å². The van der Waals surface area contributed by atoms with Gasteiger partial charge in [-0.05, 0) is 38.4 Å². The second-order valence-electron chi connectivity index (χ2n) is 3.44. The van der Waals surface area contributed by atoms with Gasteiger partial charge in [0.25, 0.3) is 0 Å². The van der Waals surface area contributed by atoms with Crippen molar-refractivity contribution in [2.45, 2.75) is 19.8 Å². The van der Waals surface area contributed by atoms with E-state index in [1.54, 1.807) is 0 Å². The summed E-state index contributed by atoms with van der Waals surface area (Å²) in [5.74, 6) is 0.788. The molecule has 1 rings (SSSR count). The molecule has 70 valence electrons. The fraction of sp³-hybridized carbons (Fsp3) is 0.800. The number of allylic oxidation sites excluding steroid dienone is 1. The van der Waals surface area contributed by atoms with Crippen molar-refractivity contribution in [3.8, 4) is 0 Å². The second-order valence-corrected chi connectivity index (χ2v) is 3.44. The molecule has 0 amide bonds. The van der Waals surface area contributed by atoms with Crippen LogP contribution in [0.5, 0.6) is 0 Å². The second kappa shape index (κ2) is 5.33. The molecule has 0 atom stereocenters. The summed E-state index contributed by atoms with van der Waals surface area (Å²) in [6, 6.07) is 0. The predicted octanol–water partition coefficient (Wildman–Crippen LogP) is 1.23. The highest BCUT2D eigenvalue weighted by Crippen LogP contribution is 2.17. The highest BCUT2D eigenvalue weighted by Gasteiger charge is 2.14. The molecule has 0 radical (unpaired) electrons. The van der Waals surface area contributed by atoms with Crippen LogP contribution in [0.3, 0.4) is 0 Å². The Morgan fingerprint density at radius 1 is 1.42 bits per heavy atom. The monoisotopic (exact) mass is 168 g/mol. The van der Waals surface area contributed by atoms with Gasteiger partial charge in [0.2, 0.25) is 0 Å². The Bertz CT molecular complexity index is 135. The Balaban J connectivity index is 2.21. The average molecular weight is 168 g/mol. The lowest BCUT2D eigenvalue weighted by atomic mass is 9.96. The molecule has 1 fully saturated rings. The van der Waals surface area contributed by atoms with Crippen LogP contribution in [0.4, 0.5) is 0 Å². The minimum absolute atomic E-state index is 0.688. The van der Waals surface area contributed by atoms with E-state index in [1.165, 1.54) is 32.5 Å². The van der Waals surface area contributed by atoms with Gasteiger partial charge in [-0.15, -0.1) is 0 Å². The molecule has 2 nitrogen and oxygen atoms in total. The SMILES string of the molecule is CCN1CCC(/C=C\CN)CC1. The third kappa shape index (κ3) is 2.95. The Kier molecular flexibility index (Phi) is 4.33. The minimum atomic E-state index is 0.688. The zero-order chi connectivity index (χ0) is 8.81. The molecule has 1 aliphatic rings. The average Bonchev–Trinajstić information content (AvgIpc) is 2.15. The van der Waals surface area contributed by atoms with Crippen molar-refractivity contribution in [1.29, 1.82) is 0 Å². The van der Waals surface area contributed by atoms with Crippen LogP contribution in [0.15, 0.2) is 12.2 Å². The van der Waals surface area contributed by atoms with Crippen LogP contribution in [-0.4, -0.2) is 31.1 Å². The van der Waals surface area contributed by atoms with Gasteiger partial charge >= 0.3 is 0 Å². The van der Waals surface area contributed by atoms with E-state index in [1.807, 2.05) is 0 Å². The first-order chi connectivity index (χ1) is 5.86. The largest absolute Gasteiger partial charge is 0.327 e. The summed E-state index contributed by atoms with van der Waals surface area (Å²) in [6.07, 6.45) is 6.99. The Labute approximate surface area is 75.4 Å². The predicted molar refractivity (Wildman–Crippen MR) is 53.0 cm³/mol. The molecule has 12 heavy (non-hydrogen) atoms. The smallest absolute Gasteiger partial charge is 0.0106 e. The Hall–Kier alpha value is -0.340. The van der Waals surface area contributed by atoms with Crippen LogP contribution in [0.25, 0.3) is 0 Å². The van der Waals surface area contributed by atoms with Gasteiger partial charge in [0.1, 0.15) is 0 Å². The maximum absolute atomic E-state index is 5.40. The maximum atomic E-state index is 5.40. The molecular weight excluding hydrogens is 148 g/mol. The zero-order valence-corrected chi connectivity index (χ0v) is 8.00. The van der Waals surface area contributed by atoms with Gasteiger partial charge < -0.3 is 10.6 Å². The lowest BCUT2D eigenvalue weighted by Gasteiger charge is -2.29. The minimum Gasteiger partial charge on any atom is -0.327 e. The molecular formula is C10H20N2. The molecule has 0 spiro atoms. The first kappa shape index (κ1) is 9.75. The Morgan fingerprint density at radius 3 is 2.58 bits per heavy atom. The molecule has 0 unspecified atom stereocenters. The lowest BCUT2D eigenvalue weighted by Crippen LogP contribution is -2.32. The molecule has 0 bridgehead atoms. The normalized spacial score (nSPS) is 22.2. The third-order valence-corrected chi connectivity index (χ3v) is 2.62. The van der Waals surface area contributed by atoms with Gasteiger partial charge in [0.05, 0.1) is 0 Å². The molecule has 0 aromatic heterocycles. The number of nitrogens with two attached hydrogens (primary N) is 1. The summed E-state index contributed by atoms with van der Waals surface area (Å²) in [5, 5.41) is 0. The number of hydrogen-bond acceptors (Lipinski definition) is 2. The summed E-state index contributed by atoms with van der Waals surface area (Å²) < 4.78 is 0. The molecule has 2 heteroatoms. The van der Waals surface area contributed by atoms with E-state index >= 15 is 0 Å². The number of piperidine rings is 1. The summed E-state index contributed by atoms with van der Waals surface area (Å²) in [6.45, 7) is 6.64. The van der Waals surface area contributed by atoms with Crippen LogP contribution < -0.4 is 5.73 Å². The number of hydrogen-bond donors (Lipinski definition) is 1. The van der Waals surface area contributed by atoms with E-state index < -0.39 is 0 Å². The third-order valence-electron chi connectivity index (χ3n) is 2.62. The zero-order valence-electron chi connectivity index (χ0n) is 8.00. The standard InChI is InChI=1S/C10H20N2/c1-2-12-8-5-10(6-9-12)4-3-7-11/h3-4,10H,2,5-9,11H2,1H3/b4-3-. The number of likely N-dealkylation sites (tertiary alicyclic amines) is 1. The van der Waals surface area contributed by atoms with E-state index in [9.17, 15) is 0 Å². The van der Waals surface area contributed by atoms with Crippen molar-refractivity contribution >= 4 is 0 Å². The van der Waals surface area contributed by atoms with Gasteiger partial charge in [0.15, 0.2) is 0 Å². The van der Waals surface area contributed by atoms with Crippen LogP contribution >= 0.6 is 0 Å². The molecule has 1 saturated heterocycles. The fourth-order valence-corrected chi connectivity index (χ4v) is 1.73. The topological polar surface area (TPSA) is 29.3 Å². The van der Waals surface area contributed by atoms with Gasteiger partial charge in [-0.2, -0.15) is 0 Å². The molecule has 0 saturated carbocycles. The van der Waals surface area contributed by atoms with Crippen molar-refractivity contribution in [3.05, 3.63) is 12.2 Å². The molecule has 2 N–H and O–H groups in total. The van der Waals surface area contributed by atoms with E-state index in [0.29, 0.717) is 6.54 Å². The van der Waals surface area contributed by atoms with Crippen LogP contribution in [0.1, 0.15) is 19.8 Å². The van der Waals surface area contributed by atoms with Crippen LogP contribution in [-0.2, 0) is 0 Å². The van der Waals surface area contributed by atoms with Crippen molar-refractivity contribution < 1.29 is 0 Å².